The van der Waals surface area contributed by atoms with Crippen molar-refractivity contribution in [3.05, 3.63) is 15.0 Å². The molecule has 3 rings (SSSR count). The average molecular weight is 375 g/mol. The predicted molar refractivity (Wildman–Crippen MR) is 83.2 cm³/mol. The molecule has 0 radical (unpaired) electrons. The first kappa shape index (κ1) is 15.4. The van der Waals surface area contributed by atoms with Crippen LogP contribution in [0.1, 0.15) is 24.3 Å². The molecular weight excluding hydrogens is 356 g/mol. The van der Waals surface area contributed by atoms with Crippen LogP contribution in [0.2, 0.25) is 0 Å². The lowest BCUT2D eigenvalue weighted by Crippen LogP contribution is -2.58. The zero-order valence-corrected chi connectivity index (χ0v) is 14.3. The van der Waals surface area contributed by atoms with E-state index in [1.807, 2.05) is 5.38 Å². The number of fused-ring (bicyclic) bond motifs is 2. The van der Waals surface area contributed by atoms with Gasteiger partial charge in [-0.2, -0.15) is 0 Å². The number of piperidine rings is 1. The molecule has 0 amide bonds. The molecule has 1 aliphatic heterocycles. The van der Waals surface area contributed by atoms with Crippen molar-refractivity contribution in [3.8, 4) is 0 Å². The van der Waals surface area contributed by atoms with Gasteiger partial charge in [-0.05, 0) is 28.8 Å². The molecule has 2 heterocycles. The Kier molecular flexibility index (Phi) is 4.63. The van der Waals surface area contributed by atoms with E-state index in [2.05, 4.69) is 26.2 Å². The second-order valence-electron chi connectivity index (χ2n) is 5.62. The highest BCUT2D eigenvalue weighted by atomic mass is 79.9. The summed E-state index contributed by atoms with van der Waals surface area (Å²) in [5, 5.41) is 6.45. The Bertz CT molecular complexity index is 500. The van der Waals surface area contributed by atoms with Crippen LogP contribution in [0, 0.1) is 11.8 Å². The molecular formula is C14H19BrN2O3S. The van der Waals surface area contributed by atoms with Gasteiger partial charge in [0.15, 0.2) is 0 Å². The van der Waals surface area contributed by atoms with Crippen molar-refractivity contribution in [2.24, 2.45) is 11.8 Å². The summed E-state index contributed by atoms with van der Waals surface area (Å²) in [6, 6.07) is 0. The number of halogens is 1. The lowest BCUT2D eigenvalue weighted by Gasteiger charge is -2.51. The molecule has 1 saturated heterocycles. The van der Waals surface area contributed by atoms with E-state index in [4.69, 9.17) is 9.47 Å². The maximum absolute atomic E-state index is 11.6. The number of aromatic nitrogens is 1. The number of rotatable bonds is 4. The molecule has 116 valence electrons. The van der Waals surface area contributed by atoms with Gasteiger partial charge in [0.1, 0.15) is 21.8 Å². The summed E-state index contributed by atoms with van der Waals surface area (Å²) in [4.78, 5) is 16.2. The number of nitrogens with zero attached hydrogens (tertiary/aromatic N) is 1. The van der Waals surface area contributed by atoms with Gasteiger partial charge in [-0.3, -0.25) is 0 Å². The zero-order valence-electron chi connectivity index (χ0n) is 11.9. The minimum atomic E-state index is -0.450. The standard InChI is InChI=1S/C14H19BrN2O3S/c1-19-12(18)7-20-14(13-17-11(15)8-21-13)9-3-2-4-10(14)6-16-5-9/h8-10,16H,2-7H2,1H3. The summed E-state index contributed by atoms with van der Waals surface area (Å²) in [6.07, 6.45) is 3.41. The fourth-order valence-corrected chi connectivity index (χ4v) is 5.19. The van der Waals surface area contributed by atoms with E-state index in [0.29, 0.717) is 11.8 Å². The molecule has 1 aromatic heterocycles. The van der Waals surface area contributed by atoms with Gasteiger partial charge < -0.3 is 14.8 Å². The second kappa shape index (κ2) is 6.32. The normalized spacial score (nSPS) is 31.9. The first-order valence-corrected chi connectivity index (χ1v) is 8.87. The molecule has 1 N–H and O–H groups in total. The highest BCUT2D eigenvalue weighted by molar-refractivity contribution is 9.10. The van der Waals surface area contributed by atoms with Gasteiger partial charge in [-0.1, -0.05) is 6.42 Å². The first-order chi connectivity index (χ1) is 10.2. The largest absolute Gasteiger partial charge is 0.467 e. The van der Waals surface area contributed by atoms with Crippen molar-refractivity contribution in [2.75, 3.05) is 26.8 Å². The van der Waals surface area contributed by atoms with E-state index in [1.54, 1.807) is 11.3 Å². The van der Waals surface area contributed by atoms with Crippen LogP contribution in [0.3, 0.4) is 0 Å². The zero-order chi connectivity index (χ0) is 14.9. The summed E-state index contributed by atoms with van der Waals surface area (Å²) in [7, 11) is 1.39. The molecule has 5 nitrogen and oxygen atoms in total. The second-order valence-corrected chi connectivity index (χ2v) is 7.29. The van der Waals surface area contributed by atoms with E-state index >= 15 is 0 Å². The summed E-state index contributed by atoms with van der Waals surface area (Å²) in [6.45, 7) is 1.81. The van der Waals surface area contributed by atoms with Crippen molar-refractivity contribution < 1.29 is 14.3 Å². The van der Waals surface area contributed by atoms with Crippen LogP contribution < -0.4 is 5.32 Å². The highest BCUT2D eigenvalue weighted by Gasteiger charge is 2.54. The number of esters is 1. The van der Waals surface area contributed by atoms with Gasteiger partial charge >= 0.3 is 5.97 Å². The SMILES string of the molecule is COC(=O)COC1(c2nc(Br)cs2)C2CCCC1CNC2. The van der Waals surface area contributed by atoms with E-state index in [-0.39, 0.29) is 12.6 Å². The molecule has 1 aliphatic carbocycles. The monoisotopic (exact) mass is 374 g/mol. The lowest BCUT2D eigenvalue weighted by atomic mass is 9.66. The Morgan fingerprint density at radius 1 is 1.52 bits per heavy atom. The van der Waals surface area contributed by atoms with Crippen LogP contribution in [0.4, 0.5) is 0 Å². The van der Waals surface area contributed by atoms with Crippen molar-refractivity contribution in [1.29, 1.82) is 0 Å². The van der Waals surface area contributed by atoms with Crippen LogP contribution in [-0.2, 0) is 19.9 Å². The molecule has 0 spiro atoms. The Hall–Kier alpha value is -0.500. The van der Waals surface area contributed by atoms with Gasteiger partial charge in [-0.15, -0.1) is 11.3 Å². The van der Waals surface area contributed by atoms with Crippen LogP contribution in [-0.4, -0.2) is 37.8 Å². The van der Waals surface area contributed by atoms with Crippen LogP contribution >= 0.6 is 27.3 Å². The highest BCUT2D eigenvalue weighted by Crippen LogP contribution is 2.51. The van der Waals surface area contributed by atoms with E-state index in [1.165, 1.54) is 13.5 Å². The Labute approximate surface area is 136 Å². The van der Waals surface area contributed by atoms with Crippen molar-refractivity contribution in [2.45, 2.75) is 24.9 Å². The number of carbonyl (C=O) groups excluding carboxylic acids is 1. The molecule has 2 fully saturated rings. The number of nitrogens with one attached hydrogen (secondary N) is 1. The molecule has 7 heteroatoms. The Balaban J connectivity index is 1.95. The Morgan fingerprint density at radius 3 is 2.81 bits per heavy atom. The fourth-order valence-electron chi connectivity index (χ4n) is 3.63. The third-order valence-corrected chi connectivity index (χ3v) is 6.25. The van der Waals surface area contributed by atoms with Crippen molar-refractivity contribution in [1.82, 2.24) is 10.3 Å². The molecule has 0 aromatic carbocycles. The molecule has 1 aromatic rings. The number of hydrogen-bond donors (Lipinski definition) is 1. The van der Waals surface area contributed by atoms with Gasteiger partial charge in [-0.25, -0.2) is 9.78 Å². The fraction of sp³-hybridized carbons (Fsp3) is 0.714. The smallest absolute Gasteiger partial charge is 0.331 e. The molecule has 2 aliphatic rings. The van der Waals surface area contributed by atoms with Crippen LogP contribution in [0.15, 0.2) is 9.98 Å². The van der Waals surface area contributed by atoms with Crippen LogP contribution in [0.5, 0.6) is 0 Å². The predicted octanol–water partition coefficient (Wildman–Crippen LogP) is 2.31. The van der Waals surface area contributed by atoms with Gasteiger partial charge in [0.2, 0.25) is 0 Å². The molecule has 21 heavy (non-hydrogen) atoms. The van der Waals surface area contributed by atoms with Gasteiger partial charge in [0, 0.05) is 30.3 Å². The molecule has 1 saturated carbocycles. The third kappa shape index (κ3) is 2.76. The number of carbonyl (C=O) groups is 1. The molecule has 2 unspecified atom stereocenters. The number of thiazole rings is 1. The molecule has 2 bridgehead atoms. The first-order valence-electron chi connectivity index (χ1n) is 7.19. The number of ether oxygens (including phenoxy) is 2. The van der Waals surface area contributed by atoms with Gasteiger partial charge in [0.25, 0.3) is 0 Å². The van der Waals surface area contributed by atoms with E-state index < -0.39 is 5.60 Å². The Morgan fingerprint density at radius 2 is 2.24 bits per heavy atom. The molecule has 2 atom stereocenters. The van der Waals surface area contributed by atoms with Crippen molar-refractivity contribution >= 4 is 33.2 Å². The summed E-state index contributed by atoms with van der Waals surface area (Å²) < 4.78 is 11.8. The summed E-state index contributed by atoms with van der Waals surface area (Å²) in [5.41, 5.74) is -0.450. The third-order valence-electron chi connectivity index (χ3n) is 4.57. The summed E-state index contributed by atoms with van der Waals surface area (Å²) >= 11 is 5.04. The average Bonchev–Trinajstić information content (AvgIpc) is 2.91. The van der Waals surface area contributed by atoms with E-state index in [9.17, 15) is 4.79 Å². The number of hydrogen-bond acceptors (Lipinski definition) is 6. The van der Waals surface area contributed by atoms with E-state index in [0.717, 1.165) is 35.5 Å². The van der Waals surface area contributed by atoms with Gasteiger partial charge in [0.05, 0.1) is 7.11 Å². The number of methoxy groups -OCH3 is 1. The maximum atomic E-state index is 11.6. The summed E-state index contributed by atoms with van der Waals surface area (Å²) in [5.74, 6) is 0.377. The lowest BCUT2D eigenvalue weighted by molar-refractivity contribution is -0.183. The topological polar surface area (TPSA) is 60.5 Å². The quantitative estimate of drug-likeness (QED) is 0.819. The minimum absolute atomic E-state index is 0.0132. The van der Waals surface area contributed by atoms with Crippen LogP contribution in [0.25, 0.3) is 0 Å². The maximum Gasteiger partial charge on any atom is 0.331 e. The van der Waals surface area contributed by atoms with Crippen molar-refractivity contribution in [3.63, 3.8) is 0 Å². The minimum Gasteiger partial charge on any atom is -0.467 e.